The van der Waals surface area contributed by atoms with E-state index in [1.54, 1.807) is 42.5 Å². The first kappa shape index (κ1) is 15.0. The molecule has 0 unspecified atom stereocenters. The van der Waals surface area contributed by atoms with Crippen LogP contribution in [-0.4, -0.2) is 25.2 Å². The van der Waals surface area contributed by atoms with Crippen LogP contribution in [0.25, 0.3) is 22.2 Å². The van der Waals surface area contributed by atoms with Gasteiger partial charge in [0.15, 0.2) is 0 Å². The van der Waals surface area contributed by atoms with E-state index >= 15 is 0 Å². The highest BCUT2D eigenvalue weighted by Crippen LogP contribution is 2.31. The maximum atomic E-state index is 14.0. The third kappa shape index (κ3) is 2.73. The second kappa shape index (κ2) is 6.04. The lowest BCUT2D eigenvalue weighted by atomic mass is 10.1. The van der Waals surface area contributed by atoms with Gasteiger partial charge in [0.25, 0.3) is 0 Å². The Labute approximate surface area is 132 Å². The standard InChI is InChI=1S/C18H14FNO3/c1-22-17-10-16(12-5-3-4-6-14(12)19)20-15-9-11(18(21)23-2)7-8-13(15)17/h3-10H,1-2H3. The van der Waals surface area contributed by atoms with Gasteiger partial charge < -0.3 is 9.47 Å². The lowest BCUT2D eigenvalue weighted by Crippen LogP contribution is -2.01. The van der Waals surface area contributed by atoms with Crippen molar-refractivity contribution in [2.45, 2.75) is 0 Å². The zero-order valence-electron chi connectivity index (χ0n) is 12.7. The third-order valence-corrected chi connectivity index (χ3v) is 3.56. The van der Waals surface area contributed by atoms with Crippen LogP contribution in [0.15, 0.2) is 48.5 Å². The molecule has 2 aromatic carbocycles. The van der Waals surface area contributed by atoms with Crippen LogP contribution in [0, 0.1) is 5.82 Å². The number of esters is 1. The quantitative estimate of drug-likeness (QED) is 0.690. The van der Waals surface area contributed by atoms with Crippen molar-refractivity contribution in [3.8, 4) is 17.0 Å². The predicted molar refractivity (Wildman–Crippen MR) is 85.0 cm³/mol. The molecule has 0 atom stereocenters. The highest BCUT2D eigenvalue weighted by molar-refractivity contribution is 5.96. The summed E-state index contributed by atoms with van der Waals surface area (Å²) < 4.78 is 24.1. The van der Waals surface area contributed by atoms with E-state index in [0.29, 0.717) is 28.1 Å². The van der Waals surface area contributed by atoms with Crippen LogP contribution in [0.2, 0.25) is 0 Å². The van der Waals surface area contributed by atoms with E-state index in [9.17, 15) is 9.18 Å². The summed E-state index contributed by atoms with van der Waals surface area (Å²) in [6, 6.07) is 13.0. The van der Waals surface area contributed by atoms with Gasteiger partial charge in [-0.2, -0.15) is 0 Å². The number of benzene rings is 2. The number of hydrogen-bond donors (Lipinski definition) is 0. The van der Waals surface area contributed by atoms with Gasteiger partial charge in [-0.1, -0.05) is 12.1 Å². The van der Waals surface area contributed by atoms with Crippen molar-refractivity contribution in [1.29, 1.82) is 0 Å². The SMILES string of the molecule is COC(=O)c1ccc2c(OC)cc(-c3ccccc3F)nc2c1. The van der Waals surface area contributed by atoms with Gasteiger partial charge in [0.05, 0.1) is 31.0 Å². The molecule has 0 amide bonds. The number of pyridine rings is 1. The topological polar surface area (TPSA) is 48.4 Å². The van der Waals surface area contributed by atoms with Crippen LogP contribution in [0.1, 0.15) is 10.4 Å². The molecule has 1 aromatic heterocycles. The zero-order chi connectivity index (χ0) is 16.4. The number of carbonyl (C=O) groups is 1. The Hall–Kier alpha value is -2.95. The molecule has 0 radical (unpaired) electrons. The molecule has 0 saturated carbocycles. The zero-order valence-corrected chi connectivity index (χ0v) is 12.7. The number of nitrogens with zero attached hydrogens (tertiary/aromatic N) is 1. The Morgan fingerprint density at radius 3 is 2.57 bits per heavy atom. The fraction of sp³-hybridized carbons (Fsp3) is 0.111. The molecule has 116 valence electrons. The summed E-state index contributed by atoms with van der Waals surface area (Å²) in [4.78, 5) is 16.1. The summed E-state index contributed by atoms with van der Waals surface area (Å²) >= 11 is 0. The summed E-state index contributed by atoms with van der Waals surface area (Å²) in [6.45, 7) is 0. The molecule has 23 heavy (non-hydrogen) atoms. The Morgan fingerprint density at radius 1 is 1.09 bits per heavy atom. The van der Waals surface area contributed by atoms with Crippen molar-refractivity contribution < 1.29 is 18.7 Å². The lowest BCUT2D eigenvalue weighted by molar-refractivity contribution is 0.0601. The molecule has 0 aliphatic heterocycles. The number of rotatable bonds is 3. The molecule has 5 heteroatoms. The average molecular weight is 311 g/mol. The number of ether oxygens (including phenoxy) is 2. The summed E-state index contributed by atoms with van der Waals surface area (Å²) in [6.07, 6.45) is 0. The minimum Gasteiger partial charge on any atom is -0.496 e. The minimum atomic E-state index is -0.455. The van der Waals surface area contributed by atoms with E-state index in [1.165, 1.54) is 20.3 Å². The first-order valence-corrected chi connectivity index (χ1v) is 6.96. The van der Waals surface area contributed by atoms with E-state index in [2.05, 4.69) is 4.98 Å². The number of carbonyl (C=O) groups excluding carboxylic acids is 1. The first-order chi connectivity index (χ1) is 11.1. The van der Waals surface area contributed by atoms with Gasteiger partial charge >= 0.3 is 5.97 Å². The Morgan fingerprint density at radius 2 is 1.87 bits per heavy atom. The molecule has 0 N–H and O–H groups in total. The third-order valence-electron chi connectivity index (χ3n) is 3.56. The number of hydrogen-bond acceptors (Lipinski definition) is 4. The van der Waals surface area contributed by atoms with Crippen molar-refractivity contribution in [2.75, 3.05) is 14.2 Å². The Bertz CT molecular complexity index is 893. The first-order valence-electron chi connectivity index (χ1n) is 6.96. The number of aromatic nitrogens is 1. The van der Waals surface area contributed by atoms with Gasteiger partial charge in [-0.05, 0) is 30.3 Å². The maximum absolute atomic E-state index is 14.0. The monoisotopic (exact) mass is 311 g/mol. The smallest absolute Gasteiger partial charge is 0.337 e. The van der Waals surface area contributed by atoms with E-state index < -0.39 is 5.97 Å². The van der Waals surface area contributed by atoms with Crippen LogP contribution in [-0.2, 0) is 4.74 Å². The molecule has 0 bridgehead atoms. The number of halogens is 1. The molecule has 0 spiro atoms. The van der Waals surface area contributed by atoms with Gasteiger partial charge in [-0.3, -0.25) is 0 Å². The predicted octanol–water partition coefficient (Wildman–Crippen LogP) is 3.84. The molecular weight excluding hydrogens is 297 g/mol. The summed E-state index contributed by atoms with van der Waals surface area (Å²) in [5, 5.41) is 0.736. The molecule has 4 nitrogen and oxygen atoms in total. The molecule has 0 aliphatic rings. The van der Waals surface area contributed by atoms with Crippen molar-refractivity contribution in [3.05, 3.63) is 59.9 Å². The fourth-order valence-corrected chi connectivity index (χ4v) is 2.42. The Balaban J connectivity index is 2.24. The molecular formula is C18H14FNO3. The lowest BCUT2D eigenvalue weighted by Gasteiger charge is -2.10. The average Bonchev–Trinajstić information content (AvgIpc) is 2.59. The largest absolute Gasteiger partial charge is 0.496 e. The minimum absolute atomic E-state index is 0.370. The summed E-state index contributed by atoms with van der Waals surface area (Å²) in [5.74, 6) is -0.265. The summed E-state index contributed by atoms with van der Waals surface area (Å²) in [7, 11) is 2.85. The molecule has 0 fully saturated rings. The number of methoxy groups -OCH3 is 2. The molecule has 0 saturated heterocycles. The van der Waals surface area contributed by atoms with Gasteiger partial charge in [0, 0.05) is 17.0 Å². The van der Waals surface area contributed by atoms with Crippen molar-refractivity contribution in [2.24, 2.45) is 0 Å². The van der Waals surface area contributed by atoms with Gasteiger partial charge in [0.1, 0.15) is 11.6 Å². The van der Waals surface area contributed by atoms with Gasteiger partial charge in [0.2, 0.25) is 0 Å². The van der Waals surface area contributed by atoms with Crippen molar-refractivity contribution >= 4 is 16.9 Å². The molecule has 3 aromatic rings. The van der Waals surface area contributed by atoms with Gasteiger partial charge in [-0.25, -0.2) is 14.2 Å². The van der Waals surface area contributed by atoms with E-state index in [-0.39, 0.29) is 5.82 Å². The van der Waals surface area contributed by atoms with Crippen LogP contribution in [0.3, 0.4) is 0 Å². The highest BCUT2D eigenvalue weighted by Gasteiger charge is 2.13. The van der Waals surface area contributed by atoms with Crippen LogP contribution >= 0.6 is 0 Å². The van der Waals surface area contributed by atoms with Gasteiger partial charge in [-0.15, -0.1) is 0 Å². The van der Waals surface area contributed by atoms with Crippen molar-refractivity contribution in [3.63, 3.8) is 0 Å². The number of fused-ring (bicyclic) bond motifs is 1. The van der Waals surface area contributed by atoms with Crippen LogP contribution in [0.4, 0.5) is 4.39 Å². The van der Waals surface area contributed by atoms with E-state index in [4.69, 9.17) is 9.47 Å². The van der Waals surface area contributed by atoms with Crippen molar-refractivity contribution in [1.82, 2.24) is 4.98 Å². The van der Waals surface area contributed by atoms with Crippen LogP contribution in [0.5, 0.6) is 5.75 Å². The second-order valence-electron chi connectivity index (χ2n) is 4.91. The maximum Gasteiger partial charge on any atom is 0.337 e. The molecule has 0 aliphatic carbocycles. The second-order valence-corrected chi connectivity index (χ2v) is 4.91. The molecule has 1 heterocycles. The molecule has 3 rings (SSSR count). The van der Waals surface area contributed by atoms with Crippen LogP contribution < -0.4 is 4.74 Å². The Kier molecular flexibility index (Phi) is 3.93. The summed E-state index contributed by atoms with van der Waals surface area (Å²) in [5.41, 5.74) is 1.72. The van der Waals surface area contributed by atoms with E-state index in [1.807, 2.05) is 0 Å². The normalized spacial score (nSPS) is 10.6. The fourth-order valence-electron chi connectivity index (χ4n) is 2.42. The highest BCUT2D eigenvalue weighted by atomic mass is 19.1. The van der Waals surface area contributed by atoms with E-state index in [0.717, 1.165) is 5.39 Å².